The number of benzene rings is 1. The van der Waals surface area contributed by atoms with Crippen molar-refractivity contribution in [3.63, 3.8) is 0 Å². The zero-order valence-corrected chi connectivity index (χ0v) is 10.6. The molecule has 2 rings (SSSR count). The number of aryl methyl sites for hydroxylation is 1. The number of anilines is 1. The van der Waals surface area contributed by atoms with Crippen LogP contribution in [0.3, 0.4) is 0 Å². The van der Waals surface area contributed by atoms with Crippen molar-refractivity contribution in [2.45, 2.75) is 0 Å². The molecule has 0 saturated heterocycles. The molecule has 0 aliphatic carbocycles. The molecule has 1 aromatic carbocycles. The number of nitrogens with two attached hydrogens (primary N) is 1. The summed E-state index contributed by atoms with van der Waals surface area (Å²) < 4.78 is 1.65. The van der Waals surface area contributed by atoms with E-state index in [9.17, 15) is 4.79 Å². The molecule has 0 radical (unpaired) electrons. The highest BCUT2D eigenvalue weighted by atomic mass is 32.1. The first-order valence-corrected chi connectivity index (χ1v) is 5.66. The molecule has 5 nitrogen and oxygen atoms in total. The van der Waals surface area contributed by atoms with E-state index in [1.54, 1.807) is 42.2 Å². The van der Waals surface area contributed by atoms with Gasteiger partial charge in [-0.25, -0.2) is 4.98 Å². The van der Waals surface area contributed by atoms with Crippen LogP contribution in [0.5, 0.6) is 0 Å². The lowest BCUT2D eigenvalue weighted by atomic mass is 10.2. The van der Waals surface area contributed by atoms with Crippen LogP contribution in [-0.4, -0.2) is 20.4 Å². The van der Waals surface area contributed by atoms with E-state index in [2.05, 4.69) is 10.3 Å². The van der Waals surface area contributed by atoms with Crippen LogP contribution in [0.15, 0.2) is 36.8 Å². The van der Waals surface area contributed by atoms with E-state index in [0.29, 0.717) is 16.4 Å². The fraction of sp³-hybridized carbons (Fsp3) is 0.0833. The van der Waals surface area contributed by atoms with Crippen LogP contribution >= 0.6 is 12.2 Å². The summed E-state index contributed by atoms with van der Waals surface area (Å²) in [7, 11) is 1.76. The second-order valence-electron chi connectivity index (χ2n) is 3.79. The average molecular weight is 260 g/mol. The first kappa shape index (κ1) is 12.3. The van der Waals surface area contributed by atoms with Crippen LogP contribution in [0.4, 0.5) is 5.69 Å². The predicted octanol–water partition coefficient (Wildman–Crippen LogP) is 1.31. The van der Waals surface area contributed by atoms with Crippen molar-refractivity contribution >= 4 is 28.8 Å². The van der Waals surface area contributed by atoms with Crippen LogP contribution in [0.25, 0.3) is 0 Å². The van der Waals surface area contributed by atoms with Crippen molar-refractivity contribution in [3.05, 3.63) is 48.0 Å². The highest BCUT2D eigenvalue weighted by Crippen LogP contribution is 2.11. The van der Waals surface area contributed by atoms with Crippen molar-refractivity contribution in [1.29, 1.82) is 0 Å². The second kappa shape index (κ2) is 4.97. The molecule has 1 aromatic heterocycles. The summed E-state index contributed by atoms with van der Waals surface area (Å²) in [6, 6.07) is 7.04. The maximum atomic E-state index is 11.9. The van der Waals surface area contributed by atoms with Crippen molar-refractivity contribution in [1.82, 2.24) is 9.55 Å². The Morgan fingerprint density at radius 1 is 1.39 bits per heavy atom. The first-order valence-electron chi connectivity index (χ1n) is 5.25. The summed E-state index contributed by atoms with van der Waals surface area (Å²) in [5.74, 6) is -0.210. The molecule has 3 N–H and O–H groups in total. The van der Waals surface area contributed by atoms with Crippen LogP contribution in [-0.2, 0) is 7.05 Å². The molecule has 0 saturated carbocycles. The molecule has 0 atom stereocenters. The maximum Gasteiger partial charge on any atom is 0.273 e. The molecule has 6 heteroatoms. The number of carbonyl (C=O) groups is 1. The lowest BCUT2D eigenvalue weighted by molar-refractivity contribution is 0.101. The minimum Gasteiger partial charge on any atom is -0.389 e. The number of amides is 1. The third-order valence-corrected chi connectivity index (χ3v) is 2.71. The van der Waals surface area contributed by atoms with Gasteiger partial charge in [0.15, 0.2) is 0 Å². The normalized spacial score (nSPS) is 10.1. The van der Waals surface area contributed by atoms with Gasteiger partial charge in [0, 0.05) is 18.3 Å². The van der Waals surface area contributed by atoms with Gasteiger partial charge in [-0.3, -0.25) is 4.79 Å². The van der Waals surface area contributed by atoms with Crippen molar-refractivity contribution in [2.75, 3.05) is 5.32 Å². The quantitative estimate of drug-likeness (QED) is 0.816. The first-order chi connectivity index (χ1) is 8.58. The summed E-state index contributed by atoms with van der Waals surface area (Å²) in [6.07, 6.45) is 3.09. The Bertz CT molecular complexity index is 588. The standard InChI is InChI=1S/C12H12N4OS/c1-16-7-14-6-10(16)12(17)15-9-4-2-8(3-5-9)11(13)18/h2-7H,1H3,(H2,13,18)(H,15,17). The van der Waals surface area contributed by atoms with E-state index in [4.69, 9.17) is 18.0 Å². The molecule has 1 amide bonds. The van der Waals surface area contributed by atoms with E-state index in [-0.39, 0.29) is 5.91 Å². The number of hydrogen-bond donors (Lipinski definition) is 2. The Morgan fingerprint density at radius 2 is 2.06 bits per heavy atom. The maximum absolute atomic E-state index is 11.9. The Labute approximate surface area is 110 Å². The largest absolute Gasteiger partial charge is 0.389 e. The zero-order valence-electron chi connectivity index (χ0n) is 9.75. The summed E-state index contributed by atoms with van der Waals surface area (Å²) in [5.41, 5.74) is 7.44. The molecule has 18 heavy (non-hydrogen) atoms. The average Bonchev–Trinajstić information content (AvgIpc) is 2.76. The number of carbonyl (C=O) groups excluding carboxylic acids is 1. The monoisotopic (exact) mass is 260 g/mol. The molecule has 2 aromatic rings. The molecule has 0 aliphatic rings. The Balaban J connectivity index is 2.13. The number of nitrogens with zero attached hydrogens (tertiary/aromatic N) is 2. The van der Waals surface area contributed by atoms with Gasteiger partial charge in [-0.05, 0) is 24.3 Å². The molecule has 92 valence electrons. The van der Waals surface area contributed by atoms with Gasteiger partial charge in [0.05, 0.1) is 12.5 Å². The van der Waals surface area contributed by atoms with Crippen molar-refractivity contribution < 1.29 is 4.79 Å². The molecule has 0 unspecified atom stereocenters. The molecule has 0 fully saturated rings. The van der Waals surface area contributed by atoms with Crippen molar-refractivity contribution in [2.24, 2.45) is 12.8 Å². The van der Waals surface area contributed by atoms with Crippen molar-refractivity contribution in [3.8, 4) is 0 Å². The number of thiocarbonyl (C=S) groups is 1. The fourth-order valence-electron chi connectivity index (χ4n) is 1.49. The third kappa shape index (κ3) is 2.54. The molecular formula is C12H12N4OS. The van der Waals surface area contributed by atoms with Gasteiger partial charge in [0.1, 0.15) is 10.7 Å². The number of aromatic nitrogens is 2. The minimum atomic E-state index is -0.210. The van der Waals surface area contributed by atoms with Gasteiger partial charge in [-0.2, -0.15) is 0 Å². The number of hydrogen-bond acceptors (Lipinski definition) is 3. The van der Waals surface area contributed by atoms with E-state index in [0.717, 1.165) is 5.56 Å². The SMILES string of the molecule is Cn1cncc1C(=O)Nc1ccc(C(N)=S)cc1. The lowest BCUT2D eigenvalue weighted by Gasteiger charge is -2.06. The third-order valence-electron chi connectivity index (χ3n) is 2.48. The summed E-state index contributed by atoms with van der Waals surface area (Å²) >= 11 is 4.85. The molecule has 0 spiro atoms. The Hall–Kier alpha value is -2.21. The van der Waals surface area contributed by atoms with Crippen LogP contribution in [0, 0.1) is 0 Å². The molecule has 0 aliphatic heterocycles. The molecule has 1 heterocycles. The van der Waals surface area contributed by atoms with Gasteiger partial charge in [-0.1, -0.05) is 12.2 Å². The van der Waals surface area contributed by atoms with Gasteiger partial charge in [0.2, 0.25) is 0 Å². The van der Waals surface area contributed by atoms with Gasteiger partial charge in [-0.15, -0.1) is 0 Å². The van der Waals surface area contributed by atoms with Gasteiger partial charge in [0.25, 0.3) is 5.91 Å². The zero-order chi connectivity index (χ0) is 13.1. The Kier molecular flexibility index (Phi) is 3.38. The van der Waals surface area contributed by atoms with Crippen LogP contribution in [0.2, 0.25) is 0 Å². The summed E-state index contributed by atoms with van der Waals surface area (Å²) in [6.45, 7) is 0. The Morgan fingerprint density at radius 3 is 2.56 bits per heavy atom. The molecular weight excluding hydrogens is 248 g/mol. The minimum absolute atomic E-state index is 0.210. The summed E-state index contributed by atoms with van der Waals surface area (Å²) in [5, 5.41) is 2.77. The number of nitrogens with one attached hydrogen (secondary N) is 1. The topological polar surface area (TPSA) is 72.9 Å². The second-order valence-corrected chi connectivity index (χ2v) is 4.23. The lowest BCUT2D eigenvalue weighted by Crippen LogP contribution is -2.15. The van der Waals surface area contributed by atoms with Gasteiger partial charge >= 0.3 is 0 Å². The van der Waals surface area contributed by atoms with E-state index < -0.39 is 0 Å². The summed E-state index contributed by atoms with van der Waals surface area (Å²) in [4.78, 5) is 16.1. The number of rotatable bonds is 3. The predicted molar refractivity (Wildman–Crippen MR) is 73.5 cm³/mol. The number of imidazole rings is 1. The van der Waals surface area contributed by atoms with E-state index in [1.807, 2.05) is 0 Å². The highest BCUT2D eigenvalue weighted by Gasteiger charge is 2.09. The van der Waals surface area contributed by atoms with E-state index in [1.165, 1.54) is 6.20 Å². The van der Waals surface area contributed by atoms with Crippen LogP contribution in [0.1, 0.15) is 16.1 Å². The fourth-order valence-corrected chi connectivity index (χ4v) is 1.63. The molecule has 0 bridgehead atoms. The van der Waals surface area contributed by atoms with Gasteiger partial charge < -0.3 is 15.6 Å². The smallest absolute Gasteiger partial charge is 0.273 e. The van der Waals surface area contributed by atoms with E-state index >= 15 is 0 Å². The highest BCUT2D eigenvalue weighted by molar-refractivity contribution is 7.80. The van der Waals surface area contributed by atoms with Crippen LogP contribution < -0.4 is 11.1 Å².